The number of para-hydroxylation sites is 1. The Labute approximate surface area is 174 Å². The number of H-pyrrole nitrogens is 1. The highest BCUT2D eigenvalue weighted by Gasteiger charge is 2.17. The van der Waals surface area contributed by atoms with Gasteiger partial charge in [0.05, 0.1) is 6.04 Å². The minimum Gasteiger partial charge on any atom is -0.361 e. The second kappa shape index (κ2) is 7.97. The second-order valence-corrected chi connectivity index (χ2v) is 7.46. The molecule has 5 heteroatoms. The number of nitrogens with two attached hydrogens (primary N) is 1. The fourth-order valence-electron chi connectivity index (χ4n) is 3.74. The summed E-state index contributed by atoms with van der Waals surface area (Å²) in [6.45, 7) is 0. The summed E-state index contributed by atoms with van der Waals surface area (Å²) in [5, 5.41) is 5.30. The minimum absolute atomic E-state index is 0.342. The Balaban J connectivity index is 1.27. The van der Waals surface area contributed by atoms with Gasteiger partial charge in [-0.25, -0.2) is 0 Å². The van der Waals surface area contributed by atoms with Gasteiger partial charge in [0.2, 0.25) is 5.89 Å². The van der Waals surface area contributed by atoms with Crippen LogP contribution in [0.5, 0.6) is 0 Å². The monoisotopic (exact) mass is 394 g/mol. The first-order valence-electron chi connectivity index (χ1n) is 10.0. The van der Waals surface area contributed by atoms with Gasteiger partial charge in [0, 0.05) is 23.5 Å². The maximum Gasteiger partial charge on any atom is 0.243 e. The van der Waals surface area contributed by atoms with Gasteiger partial charge < -0.3 is 15.2 Å². The van der Waals surface area contributed by atoms with Crippen molar-refractivity contribution in [3.63, 3.8) is 0 Å². The molecule has 0 amide bonds. The van der Waals surface area contributed by atoms with Gasteiger partial charge in [0.25, 0.3) is 0 Å². The summed E-state index contributed by atoms with van der Waals surface area (Å²) in [5.74, 6) is 1.11. The van der Waals surface area contributed by atoms with Crippen molar-refractivity contribution < 1.29 is 4.52 Å². The predicted octanol–water partition coefficient (Wildman–Crippen LogP) is 5.05. The molecule has 0 aliphatic rings. The van der Waals surface area contributed by atoms with Gasteiger partial charge in [-0.1, -0.05) is 78.0 Å². The zero-order chi connectivity index (χ0) is 20.3. The number of aromatic nitrogens is 3. The van der Waals surface area contributed by atoms with Crippen LogP contribution < -0.4 is 5.73 Å². The summed E-state index contributed by atoms with van der Waals surface area (Å²) in [4.78, 5) is 7.81. The molecule has 1 atom stereocenters. The Morgan fingerprint density at radius 2 is 1.60 bits per heavy atom. The van der Waals surface area contributed by atoms with E-state index in [1.165, 1.54) is 16.5 Å². The van der Waals surface area contributed by atoms with Crippen LogP contribution in [0.2, 0.25) is 0 Å². The van der Waals surface area contributed by atoms with E-state index in [2.05, 4.69) is 63.7 Å². The van der Waals surface area contributed by atoms with Crippen LogP contribution >= 0.6 is 0 Å². The van der Waals surface area contributed by atoms with Crippen molar-refractivity contribution in [1.82, 2.24) is 15.1 Å². The fourth-order valence-corrected chi connectivity index (χ4v) is 3.74. The molecule has 0 aliphatic heterocycles. The van der Waals surface area contributed by atoms with Crippen LogP contribution in [0, 0.1) is 0 Å². The lowest BCUT2D eigenvalue weighted by atomic mass is 10.0. The second-order valence-electron chi connectivity index (χ2n) is 7.46. The molecular weight excluding hydrogens is 372 g/mol. The van der Waals surface area contributed by atoms with E-state index >= 15 is 0 Å². The summed E-state index contributed by atoms with van der Waals surface area (Å²) in [6.07, 6.45) is 3.24. The smallest absolute Gasteiger partial charge is 0.243 e. The zero-order valence-corrected chi connectivity index (χ0v) is 16.5. The quantitative estimate of drug-likeness (QED) is 0.422. The van der Waals surface area contributed by atoms with Crippen molar-refractivity contribution in [2.75, 3.05) is 0 Å². The Morgan fingerprint density at radius 3 is 2.43 bits per heavy atom. The molecule has 2 heterocycles. The SMILES string of the molecule is NC(Cc1c[nH]c2ccccc12)c1nc(Cc2ccc(-c3ccccc3)cc2)no1. The van der Waals surface area contributed by atoms with Crippen LogP contribution in [0.15, 0.2) is 89.6 Å². The molecule has 30 heavy (non-hydrogen) atoms. The van der Waals surface area contributed by atoms with Gasteiger partial charge in [-0.3, -0.25) is 0 Å². The van der Waals surface area contributed by atoms with Crippen molar-refractivity contribution in [1.29, 1.82) is 0 Å². The van der Waals surface area contributed by atoms with Crippen molar-refractivity contribution in [2.45, 2.75) is 18.9 Å². The highest BCUT2D eigenvalue weighted by Crippen LogP contribution is 2.23. The molecule has 148 valence electrons. The van der Waals surface area contributed by atoms with Gasteiger partial charge in [0.1, 0.15) is 0 Å². The molecule has 1 unspecified atom stereocenters. The van der Waals surface area contributed by atoms with E-state index in [9.17, 15) is 0 Å². The Hall–Kier alpha value is -3.70. The minimum atomic E-state index is -0.342. The first kappa shape index (κ1) is 18.3. The van der Waals surface area contributed by atoms with E-state index in [-0.39, 0.29) is 6.04 Å². The number of nitrogens with zero attached hydrogens (tertiary/aromatic N) is 2. The van der Waals surface area contributed by atoms with Crippen LogP contribution in [0.3, 0.4) is 0 Å². The standard InChI is InChI=1S/C25H22N4O/c26-22(15-20-16-27-23-9-5-4-8-21(20)23)25-28-24(29-30-25)14-17-10-12-19(13-11-17)18-6-2-1-3-7-18/h1-13,16,22,27H,14-15,26H2. The van der Waals surface area contributed by atoms with E-state index < -0.39 is 0 Å². The number of hydrogen-bond donors (Lipinski definition) is 2. The summed E-state index contributed by atoms with van der Waals surface area (Å²) < 4.78 is 5.46. The lowest BCUT2D eigenvalue weighted by Gasteiger charge is -2.05. The van der Waals surface area contributed by atoms with Gasteiger partial charge in [-0.2, -0.15) is 4.98 Å². The van der Waals surface area contributed by atoms with Crippen LogP contribution in [0.1, 0.15) is 28.9 Å². The molecule has 0 saturated heterocycles. The summed E-state index contributed by atoms with van der Waals surface area (Å²) in [7, 11) is 0. The highest BCUT2D eigenvalue weighted by atomic mass is 16.5. The number of nitrogens with one attached hydrogen (secondary N) is 1. The van der Waals surface area contributed by atoms with Crippen molar-refractivity contribution in [2.24, 2.45) is 5.73 Å². The van der Waals surface area contributed by atoms with Gasteiger partial charge >= 0.3 is 0 Å². The number of aromatic amines is 1. The maximum atomic E-state index is 6.36. The molecular formula is C25H22N4O. The van der Waals surface area contributed by atoms with Gasteiger partial charge in [-0.15, -0.1) is 0 Å². The zero-order valence-electron chi connectivity index (χ0n) is 16.5. The van der Waals surface area contributed by atoms with Crippen LogP contribution in [0.25, 0.3) is 22.0 Å². The third-order valence-electron chi connectivity index (χ3n) is 5.34. The number of rotatable bonds is 6. The van der Waals surface area contributed by atoms with Crippen LogP contribution in [-0.4, -0.2) is 15.1 Å². The summed E-state index contributed by atoms with van der Waals surface area (Å²) >= 11 is 0. The normalized spacial score (nSPS) is 12.3. The molecule has 2 aromatic heterocycles. The topological polar surface area (TPSA) is 80.7 Å². The Morgan fingerprint density at radius 1 is 0.867 bits per heavy atom. The van der Waals surface area contributed by atoms with Crippen molar-refractivity contribution in [3.05, 3.63) is 108 Å². The largest absolute Gasteiger partial charge is 0.361 e. The summed E-state index contributed by atoms with van der Waals surface area (Å²) in [5.41, 5.74) is 12.1. The van der Waals surface area contributed by atoms with E-state index in [0.717, 1.165) is 16.6 Å². The average Bonchev–Trinajstić information content (AvgIpc) is 3.42. The molecule has 0 spiro atoms. The lowest BCUT2D eigenvalue weighted by molar-refractivity contribution is 0.351. The third-order valence-corrected chi connectivity index (χ3v) is 5.34. The Bertz CT molecular complexity index is 1260. The van der Waals surface area contributed by atoms with Crippen molar-refractivity contribution in [3.8, 4) is 11.1 Å². The number of fused-ring (bicyclic) bond motifs is 1. The fraction of sp³-hybridized carbons (Fsp3) is 0.120. The predicted molar refractivity (Wildman–Crippen MR) is 118 cm³/mol. The van der Waals surface area contributed by atoms with E-state index in [1.807, 2.05) is 36.5 Å². The van der Waals surface area contributed by atoms with Gasteiger partial charge in [0.15, 0.2) is 5.82 Å². The molecule has 0 bridgehead atoms. The number of hydrogen-bond acceptors (Lipinski definition) is 4. The first-order chi connectivity index (χ1) is 14.8. The average molecular weight is 394 g/mol. The van der Waals surface area contributed by atoms with E-state index in [0.29, 0.717) is 24.6 Å². The van der Waals surface area contributed by atoms with E-state index in [1.54, 1.807) is 0 Å². The Kier molecular flexibility index (Phi) is 4.87. The molecule has 0 radical (unpaired) electrons. The van der Waals surface area contributed by atoms with Gasteiger partial charge in [-0.05, 0) is 34.7 Å². The molecule has 0 fully saturated rings. The molecule has 3 N–H and O–H groups in total. The number of benzene rings is 3. The summed E-state index contributed by atoms with van der Waals surface area (Å²) in [6, 6.07) is 26.6. The van der Waals surface area contributed by atoms with Crippen molar-refractivity contribution >= 4 is 10.9 Å². The molecule has 0 aliphatic carbocycles. The lowest BCUT2D eigenvalue weighted by Crippen LogP contribution is -2.13. The van der Waals surface area contributed by atoms with Crippen LogP contribution in [-0.2, 0) is 12.8 Å². The molecule has 5 nitrogen and oxygen atoms in total. The maximum absolute atomic E-state index is 6.36. The molecule has 5 aromatic rings. The van der Waals surface area contributed by atoms with E-state index in [4.69, 9.17) is 10.3 Å². The molecule has 5 rings (SSSR count). The molecule has 0 saturated carbocycles. The first-order valence-corrected chi connectivity index (χ1v) is 10.0. The third kappa shape index (κ3) is 3.75. The van der Waals surface area contributed by atoms with Crippen LogP contribution in [0.4, 0.5) is 0 Å². The highest BCUT2D eigenvalue weighted by molar-refractivity contribution is 5.83. The molecule has 3 aromatic carbocycles.